The lowest BCUT2D eigenvalue weighted by molar-refractivity contribution is 0.336. The number of aryl methyl sites for hydroxylation is 1. The van der Waals surface area contributed by atoms with Gasteiger partial charge in [-0.15, -0.1) is 0 Å². The number of hydrogen-bond donors (Lipinski definition) is 2. The largest absolute Gasteiger partial charge is 0.366 e. The van der Waals surface area contributed by atoms with Crippen molar-refractivity contribution in [3.63, 3.8) is 0 Å². The highest BCUT2D eigenvalue weighted by atomic mass is 35.5. The van der Waals surface area contributed by atoms with Gasteiger partial charge in [0.05, 0.1) is 11.2 Å². The summed E-state index contributed by atoms with van der Waals surface area (Å²) in [5, 5.41) is 6.91. The molecule has 0 spiro atoms. The van der Waals surface area contributed by atoms with E-state index in [1.807, 2.05) is 6.92 Å². The highest BCUT2D eigenvalue weighted by molar-refractivity contribution is 7.86. The normalized spacial score (nSPS) is 12.4. The van der Waals surface area contributed by atoms with Crippen LogP contribution in [0.25, 0.3) is 0 Å². The van der Waals surface area contributed by atoms with E-state index < -0.39 is 21.9 Å². The lowest BCUT2D eigenvalue weighted by Crippen LogP contribution is -2.28. The van der Waals surface area contributed by atoms with Gasteiger partial charge in [-0.1, -0.05) is 35.4 Å². The first-order valence-corrected chi connectivity index (χ1v) is 8.64. The fourth-order valence-corrected chi connectivity index (χ4v) is 2.47. The van der Waals surface area contributed by atoms with Gasteiger partial charge in [0.1, 0.15) is 10.7 Å². The molecule has 0 aromatic heterocycles. The van der Waals surface area contributed by atoms with E-state index in [9.17, 15) is 12.8 Å². The molecule has 2 rings (SSSR count). The number of nitrogens with zero attached hydrogens (tertiary/aromatic N) is 2. The fourth-order valence-electron chi connectivity index (χ4n) is 1.62. The summed E-state index contributed by atoms with van der Waals surface area (Å²) in [6, 6.07) is 10.1. The van der Waals surface area contributed by atoms with Crippen molar-refractivity contribution in [3.05, 3.63) is 64.4 Å². The Kier molecular flexibility index (Phi) is 5.94. The first kappa shape index (κ1) is 18.7. The molecule has 0 fully saturated rings. The predicted octanol–water partition coefficient (Wildman–Crippen LogP) is 2.35. The van der Waals surface area contributed by atoms with Crippen LogP contribution in [-0.2, 0) is 14.4 Å². The second-order valence-electron chi connectivity index (χ2n) is 4.86. The zero-order chi connectivity index (χ0) is 18.4. The van der Waals surface area contributed by atoms with Crippen LogP contribution in [0.15, 0.2) is 57.6 Å². The molecule has 25 heavy (non-hydrogen) atoms. The quantitative estimate of drug-likeness (QED) is 0.467. The van der Waals surface area contributed by atoms with Crippen LogP contribution >= 0.6 is 11.6 Å². The van der Waals surface area contributed by atoms with Gasteiger partial charge in [0.2, 0.25) is 0 Å². The van der Waals surface area contributed by atoms with Gasteiger partial charge in [0.15, 0.2) is 0 Å². The maximum Gasteiger partial charge on any atom is 0.358 e. The summed E-state index contributed by atoms with van der Waals surface area (Å²) in [6.07, 6.45) is 1.25. The molecular weight excluding hydrogens is 371 g/mol. The first-order valence-electron chi connectivity index (χ1n) is 6.86. The average Bonchev–Trinajstić information content (AvgIpc) is 2.57. The summed E-state index contributed by atoms with van der Waals surface area (Å²) >= 11 is 5.56. The Hall–Kier alpha value is -2.65. The second-order valence-corrected chi connectivity index (χ2v) is 6.80. The molecule has 0 radical (unpaired) electrons. The highest BCUT2D eigenvalue weighted by Gasteiger charge is 2.15. The van der Waals surface area contributed by atoms with Crippen molar-refractivity contribution in [2.24, 2.45) is 16.0 Å². The summed E-state index contributed by atoms with van der Waals surface area (Å²) in [4.78, 5) is -0.0604. The van der Waals surface area contributed by atoms with Gasteiger partial charge in [-0.05, 0) is 41.9 Å². The zero-order valence-electron chi connectivity index (χ0n) is 13.0. The zero-order valence-corrected chi connectivity index (χ0v) is 14.6. The van der Waals surface area contributed by atoms with Crippen molar-refractivity contribution < 1.29 is 17.1 Å². The van der Waals surface area contributed by atoms with Crippen molar-refractivity contribution in [1.82, 2.24) is 5.43 Å². The van der Waals surface area contributed by atoms with E-state index in [-0.39, 0.29) is 9.92 Å². The Labute approximate surface area is 149 Å². The highest BCUT2D eigenvalue weighted by Crippen LogP contribution is 2.14. The molecule has 0 aliphatic rings. The molecule has 0 heterocycles. The van der Waals surface area contributed by atoms with Gasteiger partial charge < -0.3 is 5.73 Å². The number of hydrazone groups is 1. The molecule has 7 nitrogen and oxygen atoms in total. The number of benzene rings is 2. The standard InChI is InChI=1S/C15H14ClFN4O3S/c1-10-2-5-12(6-3-10)25(22,23)24-21-15(18)20-19-9-11-4-7-13(16)14(17)8-11/h2-9H,1H3,(H3,18,20,21). The maximum atomic E-state index is 13.3. The summed E-state index contributed by atoms with van der Waals surface area (Å²) in [5.41, 5.74) is 9.00. The van der Waals surface area contributed by atoms with Crippen LogP contribution in [0.5, 0.6) is 0 Å². The molecule has 3 N–H and O–H groups in total. The van der Waals surface area contributed by atoms with Crippen LogP contribution in [0, 0.1) is 12.7 Å². The van der Waals surface area contributed by atoms with Crippen molar-refractivity contribution in [2.75, 3.05) is 0 Å². The molecule has 0 bridgehead atoms. The Balaban J connectivity index is 1.98. The second kappa shape index (κ2) is 7.95. The molecule has 0 aliphatic carbocycles. The predicted molar refractivity (Wildman–Crippen MR) is 93.2 cm³/mol. The number of halogens is 2. The van der Waals surface area contributed by atoms with Crippen LogP contribution in [0.4, 0.5) is 4.39 Å². The smallest absolute Gasteiger partial charge is 0.358 e. The Morgan fingerprint density at radius 1 is 1.28 bits per heavy atom. The third-order valence-electron chi connectivity index (χ3n) is 2.88. The Morgan fingerprint density at radius 2 is 1.96 bits per heavy atom. The molecule has 0 aliphatic heterocycles. The SMILES string of the molecule is Cc1ccc(S(=O)(=O)ON=C(N)NN=Cc2ccc(Cl)c(F)c2)cc1. The van der Waals surface area contributed by atoms with Gasteiger partial charge in [0, 0.05) is 0 Å². The van der Waals surface area contributed by atoms with E-state index in [1.54, 1.807) is 12.1 Å². The van der Waals surface area contributed by atoms with E-state index in [0.29, 0.717) is 5.56 Å². The molecule has 2 aromatic carbocycles. The monoisotopic (exact) mass is 384 g/mol. The third-order valence-corrected chi connectivity index (χ3v) is 4.31. The van der Waals surface area contributed by atoms with Crippen LogP contribution in [0.1, 0.15) is 11.1 Å². The summed E-state index contributed by atoms with van der Waals surface area (Å²) in [6.45, 7) is 1.82. The van der Waals surface area contributed by atoms with E-state index in [1.165, 1.54) is 36.5 Å². The number of rotatable bonds is 5. The van der Waals surface area contributed by atoms with Crippen LogP contribution in [0.2, 0.25) is 5.02 Å². The lowest BCUT2D eigenvalue weighted by Gasteiger charge is -2.03. The van der Waals surface area contributed by atoms with Crippen LogP contribution < -0.4 is 11.2 Å². The first-order chi connectivity index (χ1) is 11.8. The van der Waals surface area contributed by atoms with Crippen LogP contribution in [0.3, 0.4) is 0 Å². The van der Waals surface area contributed by atoms with Gasteiger partial charge >= 0.3 is 10.1 Å². The van der Waals surface area contributed by atoms with Crippen molar-refractivity contribution in [3.8, 4) is 0 Å². The molecule has 0 unspecified atom stereocenters. The molecule has 10 heteroatoms. The van der Waals surface area contributed by atoms with Crippen molar-refractivity contribution in [2.45, 2.75) is 11.8 Å². The number of hydrogen-bond acceptors (Lipinski definition) is 5. The molecule has 0 atom stereocenters. The maximum absolute atomic E-state index is 13.3. The number of nitrogens with one attached hydrogen (secondary N) is 1. The summed E-state index contributed by atoms with van der Waals surface area (Å²) in [5.74, 6) is -0.999. The molecule has 0 amide bonds. The number of guanidine groups is 1. The summed E-state index contributed by atoms with van der Waals surface area (Å²) < 4.78 is 41.5. The van der Waals surface area contributed by atoms with E-state index in [0.717, 1.165) is 5.56 Å². The van der Waals surface area contributed by atoms with Gasteiger partial charge in [0.25, 0.3) is 5.96 Å². The van der Waals surface area contributed by atoms with E-state index in [4.69, 9.17) is 17.3 Å². The lowest BCUT2D eigenvalue weighted by atomic mass is 10.2. The Bertz CT molecular complexity index is 915. The topological polar surface area (TPSA) is 106 Å². The molecular formula is C15H14ClFN4O3S. The minimum absolute atomic E-state index is 0.0131. The molecule has 132 valence electrons. The molecule has 2 aromatic rings. The number of nitrogens with two attached hydrogens (primary N) is 1. The van der Waals surface area contributed by atoms with E-state index >= 15 is 0 Å². The van der Waals surface area contributed by atoms with Crippen molar-refractivity contribution in [1.29, 1.82) is 0 Å². The molecule has 0 saturated carbocycles. The van der Waals surface area contributed by atoms with Gasteiger partial charge in [-0.2, -0.15) is 13.5 Å². The minimum atomic E-state index is -4.08. The fraction of sp³-hybridized carbons (Fsp3) is 0.0667. The summed E-state index contributed by atoms with van der Waals surface area (Å²) in [7, 11) is -4.08. The third kappa shape index (κ3) is 5.44. The van der Waals surface area contributed by atoms with E-state index in [2.05, 4.69) is 20.0 Å². The Morgan fingerprint density at radius 3 is 2.60 bits per heavy atom. The minimum Gasteiger partial charge on any atom is -0.366 e. The number of oxime groups is 1. The van der Waals surface area contributed by atoms with Gasteiger partial charge in [-0.25, -0.2) is 9.82 Å². The van der Waals surface area contributed by atoms with Crippen LogP contribution in [-0.4, -0.2) is 20.6 Å². The van der Waals surface area contributed by atoms with Crippen molar-refractivity contribution >= 4 is 33.9 Å². The van der Waals surface area contributed by atoms with Gasteiger partial charge in [-0.3, -0.25) is 4.28 Å². The average molecular weight is 385 g/mol. The molecule has 0 saturated heterocycles.